The van der Waals surface area contributed by atoms with Crippen molar-refractivity contribution in [2.45, 2.75) is 50.0 Å². The van der Waals surface area contributed by atoms with Crippen LogP contribution in [0.2, 0.25) is 0 Å². The zero-order chi connectivity index (χ0) is 18.4. The molecule has 6 nitrogen and oxygen atoms in total. The first-order valence-corrected chi connectivity index (χ1v) is 10.5. The van der Waals surface area contributed by atoms with Crippen LogP contribution >= 0.6 is 12.2 Å². The zero-order valence-electron chi connectivity index (χ0n) is 15.0. The lowest BCUT2D eigenvalue weighted by Crippen LogP contribution is -2.38. The SMILES string of the molecule is CCOc1ccc(NC(=S)NC2CCCCC2)cc1S(=O)(=O)N(C)C. The van der Waals surface area contributed by atoms with E-state index < -0.39 is 10.0 Å². The van der Waals surface area contributed by atoms with Crippen molar-refractivity contribution in [3.63, 3.8) is 0 Å². The van der Waals surface area contributed by atoms with Gasteiger partial charge in [-0.1, -0.05) is 19.3 Å². The Labute approximate surface area is 156 Å². The van der Waals surface area contributed by atoms with Crippen molar-refractivity contribution in [2.75, 3.05) is 26.0 Å². The summed E-state index contributed by atoms with van der Waals surface area (Å²) in [5, 5.41) is 6.93. The van der Waals surface area contributed by atoms with E-state index in [2.05, 4.69) is 10.6 Å². The van der Waals surface area contributed by atoms with Crippen LogP contribution in [0, 0.1) is 0 Å². The lowest BCUT2D eigenvalue weighted by atomic mass is 9.96. The molecule has 0 atom stereocenters. The summed E-state index contributed by atoms with van der Waals surface area (Å²) >= 11 is 5.38. The highest BCUT2D eigenvalue weighted by molar-refractivity contribution is 7.89. The van der Waals surface area contributed by atoms with E-state index in [0.717, 1.165) is 12.8 Å². The van der Waals surface area contributed by atoms with Gasteiger partial charge in [0.15, 0.2) is 5.11 Å². The van der Waals surface area contributed by atoms with E-state index in [9.17, 15) is 8.42 Å². The van der Waals surface area contributed by atoms with E-state index in [4.69, 9.17) is 17.0 Å². The summed E-state index contributed by atoms with van der Waals surface area (Å²) < 4.78 is 31.8. The van der Waals surface area contributed by atoms with Gasteiger partial charge in [0, 0.05) is 25.8 Å². The van der Waals surface area contributed by atoms with Gasteiger partial charge in [-0.2, -0.15) is 0 Å². The average Bonchev–Trinajstić information content (AvgIpc) is 2.57. The molecule has 0 heterocycles. The topological polar surface area (TPSA) is 70.7 Å². The molecular weight excluding hydrogens is 358 g/mol. The predicted octanol–water partition coefficient (Wildman–Crippen LogP) is 2.95. The third kappa shape index (κ3) is 5.29. The van der Waals surface area contributed by atoms with Crippen molar-refractivity contribution >= 4 is 33.0 Å². The van der Waals surface area contributed by atoms with Gasteiger partial charge in [0.25, 0.3) is 0 Å². The van der Waals surface area contributed by atoms with Crippen molar-refractivity contribution in [1.29, 1.82) is 0 Å². The Bertz CT molecular complexity index is 699. The van der Waals surface area contributed by atoms with Crippen LogP contribution < -0.4 is 15.4 Å². The van der Waals surface area contributed by atoms with Gasteiger partial charge in [0.1, 0.15) is 10.6 Å². The Morgan fingerprint density at radius 2 is 1.96 bits per heavy atom. The number of anilines is 1. The molecule has 8 heteroatoms. The fourth-order valence-corrected chi connectivity index (χ4v) is 4.19. The molecule has 2 N–H and O–H groups in total. The van der Waals surface area contributed by atoms with E-state index in [0.29, 0.717) is 29.2 Å². The first-order chi connectivity index (χ1) is 11.8. The van der Waals surface area contributed by atoms with Gasteiger partial charge in [0.2, 0.25) is 10.0 Å². The molecule has 0 spiro atoms. The van der Waals surface area contributed by atoms with E-state index in [1.165, 1.54) is 37.7 Å². The largest absolute Gasteiger partial charge is 0.492 e. The fourth-order valence-electron chi connectivity index (χ4n) is 2.86. The van der Waals surface area contributed by atoms with Gasteiger partial charge in [-0.15, -0.1) is 0 Å². The summed E-state index contributed by atoms with van der Waals surface area (Å²) in [6.45, 7) is 2.21. The minimum atomic E-state index is -3.61. The van der Waals surface area contributed by atoms with Gasteiger partial charge >= 0.3 is 0 Å². The van der Waals surface area contributed by atoms with Crippen LogP contribution in [0.25, 0.3) is 0 Å². The Hall–Kier alpha value is -1.38. The molecule has 25 heavy (non-hydrogen) atoms. The van der Waals surface area contributed by atoms with Crippen LogP contribution in [0.5, 0.6) is 5.75 Å². The van der Waals surface area contributed by atoms with Crippen molar-refractivity contribution in [3.8, 4) is 5.75 Å². The standard InChI is InChI=1S/C17H27N3O3S2/c1-4-23-15-11-10-14(12-16(15)25(21,22)20(2)3)19-17(24)18-13-8-6-5-7-9-13/h10-13H,4-9H2,1-3H3,(H2,18,19,24). The lowest BCUT2D eigenvalue weighted by molar-refractivity contribution is 0.330. The Balaban J connectivity index is 2.17. The second kappa shape index (κ2) is 8.82. The highest BCUT2D eigenvalue weighted by Crippen LogP contribution is 2.29. The maximum absolute atomic E-state index is 12.6. The minimum absolute atomic E-state index is 0.129. The number of nitrogens with zero attached hydrogens (tertiary/aromatic N) is 1. The highest BCUT2D eigenvalue weighted by atomic mass is 32.2. The molecule has 1 saturated carbocycles. The molecular formula is C17H27N3O3S2. The number of thiocarbonyl (C=S) groups is 1. The molecule has 0 saturated heterocycles. The van der Waals surface area contributed by atoms with Crippen LogP contribution in [0.1, 0.15) is 39.0 Å². The third-order valence-electron chi connectivity index (χ3n) is 4.20. The summed E-state index contributed by atoms with van der Waals surface area (Å²) in [5.74, 6) is 0.341. The van der Waals surface area contributed by atoms with Gasteiger partial charge in [-0.25, -0.2) is 12.7 Å². The van der Waals surface area contributed by atoms with Crippen LogP contribution in [0.4, 0.5) is 5.69 Å². The van der Waals surface area contributed by atoms with Crippen molar-refractivity contribution < 1.29 is 13.2 Å². The van der Waals surface area contributed by atoms with Crippen molar-refractivity contribution in [2.24, 2.45) is 0 Å². The molecule has 1 fully saturated rings. The quantitative estimate of drug-likeness (QED) is 0.734. The molecule has 0 unspecified atom stereocenters. The second-order valence-electron chi connectivity index (χ2n) is 6.32. The molecule has 1 aliphatic rings. The molecule has 0 aromatic heterocycles. The number of benzene rings is 1. The number of sulfonamides is 1. The Kier molecular flexibility index (Phi) is 7.04. The summed E-state index contributed by atoms with van der Waals surface area (Å²) in [5.41, 5.74) is 0.622. The molecule has 1 aromatic rings. The molecule has 1 aliphatic carbocycles. The first-order valence-electron chi connectivity index (χ1n) is 8.61. The molecule has 0 bridgehead atoms. The molecule has 2 rings (SSSR count). The second-order valence-corrected chi connectivity index (χ2v) is 8.84. The van der Waals surface area contributed by atoms with E-state index in [-0.39, 0.29) is 4.90 Å². The number of rotatable bonds is 6. The van der Waals surface area contributed by atoms with Crippen molar-refractivity contribution in [3.05, 3.63) is 18.2 Å². The number of ether oxygens (including phenoxy) is 1. The normalized spacial score (nSPS) is 15.8. The van der Waals surface area contributed by atoms with Crippen LogP contribution in [0.3, 0.4) is 0 Å². The monoisotopic (exact) mass is 385 g/mol. The summed E-state index contributed by atoms with van der Waals surface area (Å²) in [7, 11) is -0.610. The zero-order valence-corrected chi connectivity index (χ0v) is 16.7. The predicted molar refractivity (Wildman–Crippen MR) is 105 cm³/mol. The van der Waals surface area contributed by atoms with Gasteiger partial charge in [-0.05, 0) is 50.2 Å². The van der Waals surface area contributed by atoms with Gasteiger partial charge in [-0.3, -0.25) is 0 Å². The maximum Gasteiger partial charge on any atom is 0.246 e. The molecule has 0 radical (unpaired) electrons. The van der Waals surface area contributed by atoms with Crippen LogP contribution in [0.15, 0.2) is 23.1 Å². The van der Waals surface area contributed by atoms with Crippen LogP contribution in [-0.2, 0) is 10.0 Å². The summed E-state index contributed by atoms with van der Waals surface area (Å²) in [6.07, 6.45) is 5.95. The molecule has 140 valence electrons. The highest BCUT2D eigenvalue weighted by Gasteiger charge is 2.23. The minimum Gasteiger partial charge on any atom is -0.492 e. The average molecular weight is 386 g/mol. The van der Waals surface area contributed by atoms with Gasteiger partial charge in [0.05, 0.1) is 6.61 Å². The lowest BCUT2D eigenvalue weighted by Gasteiger charge is -2.24. The van der Waals surface area contributed by atoms with E-state index in [1.807, 2.05) is 6.92 Å². The van der Waals surface area contributed by atoms with Crippen molar-refractivity contribution in [1.82, 2.24) is 9.62 Å². The van der Waals surface area contributed by atoms with E-state index in [1.54, 1.807) is 18.2 Å². The summed E-state index contributed by atoms with van der Waals surface area (Å²) in [4.78, 5) is 0.129. The Morgan fingerprint density at radius 3 is 2.56 bits per heavy atom. The first kappa shape index (κ1) is 19.9. The smallest absolute Gasteiger partial charge is 0.246 e. The summed E-state index contributed by atoms with van der Waals surface area (Å²) in [6, 6.07) is 5.39. The van der Waals surface area contributed by atoms with Crippen LogP contribution in [-0.4, -0.2) is 44.6 Å². The van der Waals surface area contributed by atoms with Gasteiger partial charge < -0.3 is 15.4 Å². The van der Waals surface area contributed by atoms with E-state index >= 15 is 0 Å². The number of hydrogen-bond acceptors (Lipinski definition) is 4. The third-order valence-corrected chi connectivity index (χ3v) is 6.26. The molecule has 1 aromatic carbocycles. The molecule has 0 amide bonds. The molecule has 0 aliphatic heterocycles. The number of hydrogen-bond donors (Lipinski definition) is 2. The Morgan fingerprint density at radius 1 is 1.28 bits per heavy atom. The fraction of sp³-hybridized carbons (Fsp3) is 0.588. The maximum atomic E-state index is 12.6. The number of nitrogens with one attached hydrogen (secondary N) is 2.